The summed E-state index contributed by atoms with van der Waals surface area (Å²) in [6, 6.07) is 17.0. The maximum atomic E-state index is 13.3. The smallest absolute Gasteiger partial charge is 0.333 e. The number of methoxy groups -OCH3 is 1. The molecule has 0 saturated carbocycles. The molecule has 3 atom stereocenters. The number of hydrogen-bond donors (Lipinski definition) is 0. The monoisotopic (exact) mass is 431 g/mol. The van der Waals surface area contributed by atoms with Crippen LogP contribution in [0.4, 0.5) is 0 Å². The van der Waals surface area contributed by atoms with E-state index in [1.54, 1.807) is 26.3 Å². The molecule has 32 heavy (non-hydrogen) atoms. The van der Waals surface area contributed by atoms with Crippen molar-refractivity contribution in [2.45, 2.75) is 12.0 Å². The molecule has 3 heterocycles. The third kappa shape index (κ3) is 2.54. The van der Waals surface area contributed by atoms with Gasteiger partial charge in [0, 0.05) is 25.6 Å². The first-order valence-corrected chi connectivity index (χ1v) is 10.2. The van der Waals surface area contributed by atoms with E-state index < -0.39 is 28.7 Å². The number of aromatic nitrogens is 2. The Hall–Kier alpha value is -3.99. The Morgan fingerprint density at radius 3 is 2.50 bits per heavy atom. The van der Waals surface area contributed by atoms with E-state index in [1.165, 1.54) is 11.6 Å². The van der Waals surface area contributed by atoms with E-state index in [-0.39, 0.29) is 18.1 Å². The van der Waals surface area contributed by atoms with E-state index in [1.807, 2.05) is 36.4 Å². The van der Waals surface area contributed by atoms with Crippen LogP contribution < -0.4 is 25.5 Å². The van der Waals surface area contributed by atoms with Crippen molar-refractivity contribution < 1.29 is 14.2 Å². The number of benzene rings is 2. The summed E-state index contributed by atoms with van der Waals surface area (Å²) in [4.78, 5) is 26.0. The van der Waals surface area contributed by atoms with Crippen LogP contribution in [0.15, 0.2) is 58.1 Å². The molecule has 0 bridgehead atoms. The minimum atomic E-state index is -1.22. The third-order valence-corrected chi connectivity index (χ3v) is 6.47. The molecular formula is C24H21N3O5. The maximum Gasteiger partial charge on any atom is 0.333 e. The summed E-state index contributed by atoms with van der Waals surface area (Å²) in [5.41, 5.74) is -0.459. The van der Waals surface area contributed by atoms with E-state index in [4.69, 9.17) is 14.2 Å². The van der Waals surface area contributed by atoms with E-state index in [0.717, 1.165) is 15.7 Å². The van der Waals surface area contributed by atoms with Crippen LogP contribution in [0.2, 0.25) is 0 Å². The molecule has 8 nitrogen and oxygen atoms in total. The van der Waals surface area contributed by atoms with Crippen molar-refractivity contribution in [3.63, 3.8) is 0 Å². The number of ether oxygens (including phenoxy) is 3. The standard InChI is InChI=1S/C24H21N3O5/c1-26-21(28)18-19-16-6-4-5-7-17(16)31-13-24(19,12-25)20(32-22(18)27(2)23(26)29)14-8-10-15(30-3)11-9-14/h4-11,19-20H,13H2,1-3H3/t19-,20+,24-/m1/s1. The number of nitriles is 1. The topological polar surface area (TPSA) is 95.5 Å². The van der Waals surface area contributed by atoms with Crippen molar-refractivity contribution in [3.05, 3.63) is 86.1 Å². The number of rotatable bonds is 2. The quantitative estimate of drug-likeness (QED) is 0.618. The average Bonchev–Trinajstić information content (AvgIpc) is 2.84. The van der Waals surface area contributed by atoms with Crippen LogP contribution in [0.25, 0.3) is 0 Å². The predicted molar refractivity (Wildman–Crippen MR) is 115 cm³/mol. The molecule has 0 radical (unpaired) electrons. The maximum absolute atomic E-state index is 13.3. The Labute approximate surface area is 183 Å². The first kappa shape index (κ1) is 19.9. The van der Waals surface area contributed by atoms with Gasteiger partial charge in [0.25, 0.3) is 5.56 Å². The summed E-state index contributed by atoms with van der Waals surface area (Å²) >= 11 is 0. The molecule has 0 aliphatic carbocycles. The summed E-state index contributed by atoms with van der Waals surface area (Å²) in [5, 5.41) is 10.5. The van der Waals surface area contributed by atoms with Gasteiger partial charge in [0.1, 0.15) is 29.6 Å². The Morgan fingerprint density at radius 1 is 1.09 bits per heavy atom. The minimum Gasteiger partial charge on any atom is -0.497 e. The molecule has 0 saturated heterocycles. The predicted octanol–water partition coefficient (Wildman–Crippen LogP) is 2.26. The molecule has 0 amide bonds. The Morgan fingerprint density at radius 2 is 1.81 bits per heavy atom. The van der Waals surface area contributed by atoms with E-state index >= 15 is 0 Å². The van der Waals surface area contributed by atoms with Gasteiger partial charge in [0.05, 0.1) is 18.7 Å². The summed E-state index contributed by atoms with van der Waals surface area (Å²) in [5.74, 6) is 0.810. The molecule has 1 aromatic heterocycles. The lowest BCUT2D eigenvalue weighted by atomic mass is 9.63. The first-order valence-electron chi connectivity index (χ1n) is 10.2. The van der Waals surface area contributed by atoms with Gasteiger partial charge in [-0.3, -0.25) is 13.9 Å². The first-order chi connectivity index (χ1) is 15.4. The lowest BCUT2D eigenvalue weighted by Crippen LogP contribution is -2.52. The zero-order valence-electron chi connectivity index (χ0n) is 17.9. The van der Waals surface area contributed by atoms with Crippen molar-refractivity contribution in [2.75, 3.05) is 13.7 Å². The fourth-order valence-corrected chi connectivity index (χ4v) is 4.81. The number of fused-ring (bicyclic) bond motifs is 5. The van der Waals surface area contributed by atoms with Crippen molar-refractivity contribution >= 4 is 0 Å². The van der Waals surface area contributed by atoms with E-state index in [9.17, 15) is 14.9 Å². The molecule has 0 N–H and O–H groups in total. The van der Waals surface area contributed by atoms with E-state index in [0.29, 0.717) is 11.5 Å². The fourth-order valence-electron chi connectivity index (χ4n) is 4.81. The van der Waals surface area contributed by atoms with Crippen LogP contribution in [0.5, 0.6) is 17.4 Å². The normalized spacial score (nSPS) is 22.9. The summed E-state index contributed by atoms with van der Waals surface area (Å²) in [7, 11) is 4.57. The van der Waals surface area contributed by atoms with Gasteiger partial charge < -0.3 is 14.2 Å². The van der Waals surface area contributed by atoms with Crippen LogP contribution in [0.3, 0.4) is 0 Å². The molecule has 0 unspecified atom stereocenters. The molecule has 8 heteroatoms. The van der Waals surface area contributed by atoms with Gasteiger partial charge in [-0.15, -0.1) is 0 Å². The highest BCUT2D eigenvalue weighted by molar-refractivity contribution is 5.53. The van der Waals surface area contributed by atoms with Crippen LogP contribution in [-0.4, -0.2) is 22.9 Å². The Bertz CT molecular complexity index is 1380. The molecule has 162 valence electrons. The summed E-state index contributed by atoms with van der Waals surface area (Å²) < 4.78 is 20.0. The van der Waals surface area contributed by atoms with Gasteiger partial charge >= 0.3 is 5.69 Å². The molecule has 2 aliphatic heterocycles. The molecule has 5 rings (SSSR count). The third-order valence-electron chi connectivity index (χ3n) is 6.47. The summed E-state index contributed by atoms with van der Waals surface area (Å²) in [6.45, 7) is 0.0350. The molecule has 0 spiro atoms. The molecular weight excluding hydrogens is 410 g/mol. The second-order valence-corrected chi connectivity index (χ2v) is 8.11. The lowest BCUT2D eigenvalue weighted by molar-refractivity contribution is -0.00402. The van der Waals surface area contributed by atoms with Gasteiger partial charge in [0.2, 0.25) is 5.88 Å². The van der Waals surface area contributed by atoms with Crippen LogP contribution in [0, 0.1) is 16.7 Å². The number of hydrogen-bond acceptors (Lipinski definition) is 6. The van der Waals surface area contributed by atoms with Gasteiger partial charge in [-0.05, 0) is 23.8 Å². The highest BCUT2D eigenvalue weighted by Crippen LogP contribution is 2.58. The lowest BCUT2D eigenvalue weighted by Gasteiger charge is -2.48. The van der Waals surface area contributed by atoms with Crippen LogP contribution in [-0.2, 0) is 14.1 Å². The average molecular weight is 431 g/mol. The fraction of sp³-hybridized carbons (Fsp3) is 0.292. The Balaban J connectivity index is 1.86. The molecule has 2 aliphatic rings. The minimum absolute atomic E-state index is 0.0350. The Kier molecular flexibility index (Phi) is 4.38. The van der Waals surface area contributed by atoms with Gasteiger partial charge in [0.15, 0.2) is 0 Å². The molecule has 2 aromatic carbocycles. The van der Waals surface area contributed by atoms with Crippen molar-refractivity contribution in [1.29, 1.82) is 5.26 Å². The van der Waals surface area contributed by atoms with Crippen molar-refractivity contribution in [2.24, 2.45) is 19.5 Å². The molecule has 3 aromatic rings. The second kappa shape index (κ2) is 7.02. The summed E-state index contributed by atoms with van der Waals surface area (Å²) in [6.07, 6.45) is -0.776. The highest BCUT2D eigenvalue weighted by atomic mass is 16.5. The van der Waals surface area contributed by atoms with Crippen LogP contribution in [0.1, 0.15) is 28.7 Å². The zero-order valence-corrected chi connectivity index (χ0v) is 17.9. The largest absolute Gasteiger partial charge is 0.497 e. The molecule has 0 fully saturated rings. The zero-order chi connectivity index (χ0) is 22.6. The van der Waals surface area contributed by atoms with E-state index in [2.05, 4.69) is 6.07 Å². The van der Waals surface area contributed by atoms with Crippen molar-refractivity contribution in [1.82, 2.24) is 9.13 Å². The number of para-hydroxylation sites is 1. The number of nitrogens with zero attached hydrogens (tertiary/aromatic N) is 3. The van der Waals surface area contributed by atoms with Crippen molar-refractivity contribution in [3.8, 4) is 23.4 Å². The van der Waals surface area contributed by atoms with Gasteiger partial charge in [-0.2, -0.15) is 5.26 Å². The van der Waals surface area contributed by atoms with Crippen LogP contribution >= 0.6 is 0 Å². The van der Waals surface area contributed by atoms with Gasteiger partial charge in [-0.1, -0.05) is 30.3 Å². The highest BCUT2D eigenvalue weighted by Gasteiger charge is 2.58. The SMILES string of the molecule is COc1ccc([C@@H]2Oc3c(c(=O)n(C)c(=O)n3C)[C@H]3c4ccccc4OC[C@]32C#N)cc1. The van der Waals surface area contributed by atoms with Gasteiger partial charge in [-0.25, -0.2) is 4.79 Å². The second-order valence-electron chi connectivity index (χ2n) is 8.11.